The summed E-state index contributed by atoms with van der Waals surface area (Å²) < 4.78 is 10.7. The Morgan fingerprint density at radius 3 is 1.24 bits per heavy atom. The van der Waals surface area contributed by atoms with Crippen molar-refractivity contribution < 1.29 is 14.3 Å². The lowest BCUT2D eigenvalue weighted by atomic mass is 10.0. The van der Waals surface area contributed by atoms with E-state index in [2.05, 4.69) is 34.1 Å². The summed E-state index contributed by atoms with van der Waals surface area (Å²) in [6, 6.07) is 31.1. The van der Waals surface area contributed by atoms with Gasteiger partial charge in [0.2, 0.25) is 0 Å². The van der Waals surface area contributed by atoms with Gasteiger partial charge in [-0.2, -0.15) is 0 Å². The maximum Gasteiger partial charge on any atom is 0.519 e. The van der Waals surface area contributed by atoms with Gasteiger partial charge in [-0.15, -0.1) is 0 Å². The molecule has 5 heteroatoms. The Kier molecular flexibility index (Phi) is 6.83. The molecular weight excluding hydrogens is 424 g/mol. The van der Waals surface area contributed by atoms with Gasteiger partial charge in [-0.3, -0.25) is 0 Å². The van der Waals surface area contributed by atoms with Crippen LogP contribution in [0, 0.1) is 0 Å². The molecule has 4 rings (SSSR count). The van der Waals surface area contributed by atoms with Gasteiger partial charge in [0.25, 0.3) is 0 Å². The van der Waals surface area contributed by atoms with Crippen LogP contribution >= 0.6 is 0 Å². The number of carbonyl (C=O) groups excluding carboxylic acids is 1. The van der Waals surface area contributed by atoms with Gasteiger partial charge in [-0.25, -0.2) is 4.79 Å². The number of nitrogens with zero attached hydrogens (tertiary/aromatic N) is 2. The minimum Gasteiger partial charge on any atom is -0.395 e. The minimum absolute atomic E-state index is 0.424. The highest BCUT2D eigenvalue weighted by atomic mass is 16.7. The first kappa shape index (κ1) is 22.9. The average Bonchev–Trinajstić information content (AvgIpc) is 2.85. The SMILES string of the molecule is CN(C)c1ccccc1-c1ccc(OC(=O)Oc2ccc(-c3ccccc3N(C)C)cc2)cc1. The lowest BCUT2D eigenvalue weighted by Gasteiger charge is -2.17. The molecule has 0 bridgehead atoms. The highest BCUT2D eigenvalue weighted by Crippen LogP contribution is 2.32. The molecule has 172 valence electrons. The first-order valence-electron chi connectivity index (χ1n) is 11.1. The van der Waals surface area contributed by atoms with E-state index in [-0.39, 0.29) is 0 Å². The van der Waals surface area contributed by atoms with E-state index in [4.69, 9.17) is 9.47 Å². The van der Waals surface area contributed by atoms with Crippen molar-refractivity contribution in [2.24, 2.45) is 0 Å². The maximum absolute atomic E-state index is 12.3. The number of hydrogen-bond donors (Lipinski definition) is 0. The van der Waals surface area contributed by atoms with Crippen LogP contribution in [0.4, 0.5) is 16.2 Å². The molecule has 0 spiro atoms. The summed E-state index contributed by atoms with van der Waals surface area (Å²) in [6.45, 7) is 0. The van der Waals surface area contributed by atoms with Crippen LogP contribution in [-0.4, -0.2) is 34.3 Å². The van der Waals surface area contributed by atoms with Crippen molar-refractivity contribution in [3.63, 3.8) is 0 Å². The van der Waals surface area contributed by atoms with Crippen molar-refractivity contribution in [2.45, 2.75) is 0 Å². The van der Waals surface area contributed by atoms with Crippen molar-refractivity contribution in [2.75, 3.05) is 38.0 Å². The summed E-state index contributed by atoms with van der Waals surface area (Å²) in [5.74, 6) is 0.847. The quantitative estimate of drug-likeness (QED) is 0.240. The van der Waals surface area contributed by atoms with Crippen molar-refractivity contribution in [1.82, 2.24) is 0 Å². The predicted octanol–water partition coefficient (Wildman–Crippen LogP) is 6.73. The Morgan fingerprint density at radius 2 is 0.882 bits per heavy atom. The third-order valence-corrected chi connectivity index (χ3v) is 5.50. The van der Waals surface area contributed by atoms with E-state index >= 15 is 0 Å². The first-order valence-corrected chi connectivity index (χ1v) is 11.1. The van der Waals surface area contributed by atoms with Crippen molar-refractivity contribution in [3.8, 4) is 33.8 Å². The topological polar surface area (TPSA) is 42.0 Å². The van der Waals surface area contributed by atoms with E-state index in [1.165, 1.54) is 0 Å². The number of rotatable bonds is 6. The molecule has 0 saturated heterocycles. The second-order valence-electron chi connectivity index (χ2n) is 8.33. The number of carbonyl (C=O) groups is 1. The third kappa shape index (κ3) is 5.21. The molecule has 0 heterocycles. The molecule has 5 nitrogen and oxygen atoms in total. The van der Waals surface area contributed by atoms with E-state index in [1.54, 1.807) is 24.3 Å². The highest BCUT2D eigenvalue weighted by molar-refractivity contribution is 5.80. The van der Waals surface area contributed by atoms with Crippen LogP contribution in [-0.2, 0) is 0 Å². The zero-order valence-electron chi connectivity index (χ0n) is 19.9. The zero-order chi connectivity index (χ0) is 24.1. The van der Waals surface area contributed by atoms with Crippen LogP contribution in [0.5, 0.6) is 11.5 Å². The van der Waals surface area contributed by atoms with Crippen LogP contribution in [0.15, 0.2) is 97.1 Å². The van der Waals surface area contributed by atoms with E-state index in [0.29, 0.717) is 11.5 Å². The number of benzene rings is 4. The fourth-order valence-corrected chi connectivity index (χ4v) is 3.83. The second kappa shape index (κ2) is 10.1. The Hall–Kier alpha value is -4.25. The molecule has 0 aliphatic rings. The summed E-state index contributed by atoms with van der Waals surface area (Å²) in [6.07, 6.45) is -0.775. The first-order chi connectivity index (χ1) is 16.4. The van der Waals surface area contributed by atoms with Gasteiger partial charge >= 0.3 is 6.16 Å². The van der Waals surface area contributed by atoms with Crippen LogP contribution < -0.4 is 19.3 Å². The van der Waals surface area contributed by atoms with Gasteiger partial charge in [0, 0.05) is 50.7 Å². The molecular formula is C29H28N2O3. The molecule has 0 unspecified atom stereocenters. The molecule has 4 aromatic carbocycles. The monoisotopic (exact) mass is 452 g/mol. The smallest absolute Gasteiger partial charge is 0.395 e. The summed E-state index contributed by atoms with van der Waals surface area (Å²) in [4.78, 5) is 16.5. The van der Waals surface area contributed by atoms with Gasteiger partial charge < -0.3 is 19.3 Å². The maximum atomic E-state index is 12.3. The van der Waals surface area contributed by atoms with Crippen LogP contribution in [0.25, 0.3) is 22.3 Å². The molecule has 0 saturated carbocycles. The molecule has 0 aromatic heterocycles. The molecule has 0 radical (unpaired) electrons. The van der Waals surface area contributed by atoms with Gasteiger partial charge in [-0.1, -0.05) is 60.7 Å². The number of hydrogen-bond acceptors (Lipinski definition) is 5. The average molecular weight is 453 g/mol. The molecule has 0 aliphatic heterocycles. The molecule has 0 N–H and O–H groups in total. The Labute approximate surface area is 200 Å². The second-order valence-corrected chi connectivity index (χ2v) is 8.33. The number of para-hydroxylation sites is 2. The van der Waals surface area contributed by atoms with Crippen LogP contribution in [0.1, 0.15) is 0 Å². The van der Waals surface area contributed by atoms with E-state index in [1.807, 2.05) is 76.7 Å². The van der Waals surface area contributed by atoms with E-state index in [9.17, 15) is 4.79 Å². The predicted molar refractivity (Wildman–Crippen MR) is 139 cm³/mol. The third-order valence-electron chi connectivity index (χ3n) is 5.50. The van der Waals surface area contributed by atoms with Crippen LogP contribution in [0.3, 0.4) is 0 Å². The lowest BCUT2D eigenvalue weighted by molar-refractivity contribution is 0.152. The van der Waals surface area contributed by atoms with Crippen LogP contribution in [0.2, 0.25) is 0 Å². The fraction of sp³-hybridized carbons (Fsp3) is 0.138. The Morgan fingerprint density at radius 1 is 0.529 bits per heavy atom. The van der Waals surface area contributed by atoms with Crippen molar-refractivity contribution in [3.05, 3.63) is 97.1 Å². The summed E-state index contributed by atoms with van der Waals surface area (Å²) >= 11 is 0. The Balaban J connectivity index is 1.42. The van der Waals surface area contributed by atoms with Gasteiger partial charge in [-0.05, 0) is 47.5 Å². The molecule has 0 fully saturated rings. The largest absolute Gasteiger partial charge is 0.519 e. The number of ether oxygens (including phenoxy) is 2. The summed E-state index contributed by atoms with van der Waals surface area (Å²) in [7, 11) is 8.06. The van der Waals surface area contributed by atoms with E-state index in [0.717, 1.165) is 33.6 Å². The van der Waals surface area contributed by atoms with Gasteiger partial charge in [0.15, 0.2) is 0 Å². The molecule has 34 heavy (non-hydrogen) atoms. The summed E-state index contributed by atoms with van der Waals surface area (Å²) in [5.41, 5.74) is 6.53. The minimum atomic E-state index is -0.775. The van der Waals surface area contributed by atoms with E-state index < -0.39 is 6.16 Å². The Bertz CT molecular complexity index is 1160. The van der Waals surface area contributed by atoms with Crippen molar-refractivity contribution >= 4 is 17.5 Å². The summed E-state index contributed by atoms with van der Waals surface area (Å²) in [5, 5.41) is 0. The molecule has 4 aromatic rings. The van der Waals surface area contributed by atoms with Gasteiger partial charge in [0.05, 0.1) is 0 Å². The standard InChI is InChI=1S/C29H28N2O3/c1-30(2)27-11-7-5-9-25(27)21-13-17-23(18-14-21)33-29(32)34-24-19-15-22(16-20-24)26-10-6-8-12-28(26)31(3)4/h5-20H,1-4H3. The normalized spacial score (nSPS) is 10.5. The van der Waals surface area contributed by atoms with Gasteiger partial charge in [0.1, 0.15) is 11.5 Å². The fourth-order valence-electron chi connectivity index (χ4n) is 3.83. The van der Waals surface area contributed by atoms with Crippen molar-refractivity contribution in [1.29, 1.82) is 0 Å². The molecule has 0 amide bonds. The number of anilines is 2. The highest BCUT2D eigenvalue weighted by Gasteiger charge is 2.11. The zero-order valence-corrected chi connectivity index (χ0v) is 19.9. The molecule has 0 aliphatic carbocycles. The lowest BCUT2D eigenvalue weighted by Crippen LogP contribution is -2.13. The molecule has 0 atom stereocenters.